The minimum Gasteiger partial charge on any atom is -0.369 e. The van der Waals surface area contributed by atoms with E-state index in [1.165, 1.54) is 38.5 Å². The van der Waals surface area contributed by atoms with Gasteiger partial charge in [-0.05, 0) is 56.3 Å². The van der Waals surface area contributed by atoms with E-state index in [4.69, 9.17) is 15.0 Å². The first-order valence-electron chi connectivity index (χ1n) is 7.06. The second-order valence-electron chi connectivity index (χ2n) is 6.61. The smallest absolute Gasteiger partial charge is 0.222 e. The Balaban J connectivity index is 1.47. The molecular formula is C14H20N2O2. The summed E-state index contributed by atoms with van der Waals surface area (Å²) < 4.78 is 11.1. The van der Waals surface area contributed by atoms with Crippen LogP contribution in [0.2, 0.25) is 0 Å². The van der Waals surface area contributed by atoms with Gasteiger partial charge >= 0.3 is 0 Å². The van der Waals surface area contributed by atoms with E-state index in [1.54, 1.807) is 6.07 Å². The van der Waals surface area contributed by atoms with Crippen molar-refractivity contribution in [3.8, 4) is 0 Å². The summed E-state index contributed by atoms with van der Waals surface area (Å²) in [5.41, 5.74) is 6.49. The fraction of sp³-hybridized carbons (Fsp3) is 0.786. The molecule has 4 aliphatic carbocycles. The van der Waals surface area contributed by atoms with Crippen molar-refractivity contribution in [2.75, 3.05) is 5.73 Å². The van der Waals surface area contributed by atoms with Crippen LogP contribution in [0.4, 0.5) is 5.88 Å². The first kappa shape index (κ1) is 10.9. The number of nitrogens with zero attached hydrogens (tertiary/aromatic N) is 1. The van der Waals surface area contributed by atoms with Gasteiger partial charge in [0.15, 0.2) is 0 Å². The van der Waals surface area contributed by atoms with Crippen LogP contribution in [0.25, 0.3) is 0 Å². The molecule has 0 amide bonds. The van der Waals surface area contributed by atoms with Crippen LogP contribution in [0.1, 0.15) is 44.2 Å². The summed E-state index contributed by atoms with van der Waals surface area (Å²) in [7, 11) is 0. The SMILES string of the molecule is Nc1cc(COC23CC4CC(CC(C4)C2)C3)no1. The predicted molar refractivity (Wildman–Crippen MR) is 66.6 cm³/mol. The number of aromatic nitrogens is 1. The molecule has 0 aliphatic heterocycles. The Kier molecular flexibility index (Phi) is 2.25. The zero-order valence-corrected chi connectivity index (χ0v) is 10.6. The maximum absolute atomic E-state index is 6.26. The minimum atomic E-state index is 0.141. The van der Waals surface area contributed by atoms with Crippen molar-refractivity contribution in [1.29, 1.82) is 0 Å². The Hall–Kier alpha value is -1.03. The number of hydrogen-bond donors (Lipinski definition) is 1. The lowest BCUT2D eigenvalue weighted by molar-refractivity contribution is -0.169. The lowest BCUT2D eigenvalue weighted by atomic mass is 9.54. The highest BCUT2D eigenvalue weighted by Gasteiger charge is 2.51. The van der Waals surface area contributed by atoms with E-state index in [0.717, 1.165) is 23.4 Å². The zero-order valence-electron chi connectivity index (χ0n) is 10.6. The van der Waals surface area contributed by atoms with Gasteiger partial charge in [0.25, 0.3) is 0 Å². The van der Waals surface area contributed by atoms with Crippen molar-refractivity contribution in [2.45, 2.75) is 50.7 Å². The average molecular weight is 248 g/mol. The molecule has 18 heavy (non-hydrogen) atoms. The highest BCUT2D eigenvalue weighted by atomic mass is 16.5. The van der Waals surface area contributed by atoms with Crippen molar-refractivity contribution < 1.29 is 9.26 Å². The lowest BCUT2D eigenvalue weighted by Crippen LogP contribution is -2.51. The minimum absolute atomic E-state index is 0.141. The zero-order chi connectivity index (χ0) is 12.2. The van der Waals surface area contributed by atoms with Gasteiger partial charge in [0.05, 0.1) is 12.2 Å². The first-order valence-corrected chi connectivity index (χ1v) is 7.06. The van der Waals surface area contributed by atoms with E-state index >= 15 is 0 Å². The maximum atomic E-state index is 6.26. The molecule has 4 heteroatoms. The molecular weight excluding hydrogens is 228 g/mol. The number of hydrogen-bond acceptors (Lipinski definition) is 4. The summed E-state index contributed by atoms with van der Waals surface area (Å²) >= 11 is 0. The second kappa shape index (κ2) is 3.73. The molecule has 5 rings (SSSR count). The van der Waals surface area contributed by atoms with E-state index in [1.807, 2.05) is 0 Å². The van der Waals surface area contributed by atoms with Crippen molar-refractivity contribution in [3.63, 3.8) is 0 Å². The molecule has 4 nitrogen and oxygen atoms in total. The Morgan fingerprint density at radius 2 is 1.83 bits per heavy atom. The number of ether oxygens (including phenoxy) is 1. The molecule has 1 aromatic rings. The largest absolute Gasteiger partial charge is 0.369 e. The summed E-state index contributed by atoms with van der Waals surface area (Å²) in [5, 5.41) is 3.91. The Morgan fingerprint density at radius 3 is 2.33 bits per heavy atom. The molecule has 0 radical (unpaired) electrons. The van der Waals surface area contributed by atoms with Crippen molar-refractivity contribution in [2.24, 2.45) is 17.8 Å². The summed E-state index contributed by atoms with van der Waals surface area (Å²) in [5.74, 6) is 3.12. The third kappa shape index (κ3) is 1.74. The van der Waals surface area contributed by atoms with Gasteiger partial charge in [-0.2, -0.15) is 0 Å². The maximum Gasteiger partial charge on any atom is 0.222 e. The van der Waals surface area contributed by atoms with E-state index < -0.39 is 0 Å². The summed E-state index contributed by atoms with van der Waals surface area (Å²) in [6.07, 6.45) is 8.10. The Labute approximate surface area is 107 Å². The molecule has 2 N–H and O–H groups in total. The summed E-state index contributed by atoms with van der Waals surface area (Å²) in [6, 6.07) is 1.76. The number of rotatable bonds is 3. The second-order valence-corrected chi connectivity index (χ2v) is 6.61. The van der Waals surface area contributed by atoms with Crippen LogP contribution in [0.5, 0.6) is 0 Å². The van der Waals surface area contributed by atoms with Crippen LogP contribution in [0, 0.1) is 17.8 Å². The van der Waals surface area contributed by atoms with Crippen LogP contribution in [-0.4, -0.2) is 10.8 Å². The Bertz CT molecular complexity index is 419. The van der Waals surface area contributed by atoms with Crippen molar-refractivity contribution >= 4 is 5.88 Å². The van der Waals surface area contributed by atoms with Gasteiger partial charge in [0, 0.05) is 6.07 Å². The summed E-state index contributed by atoms with van der Waals surface area (Å²) in [6.45, 7) is 0.548. The predicted octanol–water partition coefficient (Wildman–Crippen LogP) is 2.74. The molecule has 98 valence electrons. The van der Waals surface area contributed by atoms with Crippen LogP contribution in [-0.2, 0) is 11.3 Å². The van der Waals surface area contributed by atoms with Gasteiger partial charge in [0.2, 0.25) is 5.88 Å². The molecule has 0 atom stereocenters. The summed E-state index contributed by atoms with van der Waals surface area (Å²) in [4.78, 5) is 0. The quantitative estimate of drug-likeness (QED) is 0.893. The molecule has 0 saturated heterocycles. The molecule has 1 aromatic heterocycles. The Morgan fingerprint density at radius 1 is 1.22 bits per heavy atom. The third-order valence-electron chi connectivity index (χ3n) is 5.09. The van der Waals surface area contributed by atoms with Gasteiger partial charge in [-0.25, -0.2) is 0 Å². The molecule has 4 saturated carbocycles. The number of anilines is 1. The molecule has 0 spiro atoms. The highest BCUT2D eigenvalue weighted by Crippen LogP contribution is 2.57. The van der Waals surface area contributed by atoms with Gasteiger partial charge in [-0.15, -0.1) is 0 Å². The topological polar surface area (TPSA) is 61.3 Å². The monoisotopic (exact) mass is 248 g/mol. The normalized spacial score (nSPS) is 41.4. The lowest BCUT2D eigenvalue weighted by Gasteiger charge is -2.56. The van der Waals surface area contributed by atoms with Gasteiger partial charge in [-0.3, -0.25) is 0 Å². The van der Waals surface area contributed by atoms with Crippen molar-refractivity contribution in [1.82, 2.24) is 5.16 Å². The third-order valence-corrected chi connectivity index (χ3v) is 5.09. The average Bonchev–Trinajstić information content (AvgIpc) is 2.71. The number of nitrogens with two attached hydrogens (primary N) is 1. The van der Waals surface area contributed by atoms with Gasteiger partial charge in [0.1, 0.15) is 5.69 Å². The van der Waals surface area contributed by atoms with E-state index in [-0.39, 0.29) is 5.60 Å². The molecule has 4 aliphatic rings. The van der Waals surface area contributed by atoms with Crippen LogP contribution < -0.4 is 5.73 Å². The standard InChI is InChI=1S/C14H20N2O2/c15-13-4-12(16-18-13)8-17-14-5-9-1-10(6-14)3-11(2-9)7-14/h4,9-11H,1-3,5-8,15H2. The van der Waals surface area contributed by atoms with E-state index in [2.05, 4.69) is 5.16 Å². The van der Waals surface area contributed by atoms with Crippen LogP contribution >= 0.6 is 0 Å². The van der Waals surface area contributed by atoms with E-state index in [9.17, 15) is 0 Å². The molecule has 4 fully saturated rings. The van der Waals surface area contributed by atoms with Crippen molar-refractivity contribution in [3.05, 3.63) is 11.8 Å². The van der Waals surface area contributed by atoms with Crippen LogP contribution in [0.3, 0.4) is 0 Å². The van der Waals surface area contributed by atoms with Gasteiger partial charge in [-0.1, -0.05) is 5.16 Å². The molecule has 0 aromatic carbocycles. The van der Waals surface area contributed by atoms with E-state index in [0.29, 0.717) is 12.5 Å². The van der Waals surface area contributed by atoms with Gasteiger partial charge < -0.3 is 15.0 Å². The first-order chi connectivity index (χ1) is 8.71. The fourth-order valence-corrected chi connectivity index (χ4v) is 4.83. The molecule has 4 bridgehead atoms. The molecule has 1 heterocycles. The fourth-order valence-electron chi connectivity index (χ4n) is 4.83. The van der Waals surface area contributed by atoms with Crippen LogP contribution in [0.15, 0.2) is 10.6 Å². The molecule has 0 unspecified atom stereocenters. The highest BCUT2D eigenvalue weighted by molar-refractivity contribution is 5.23. The number of nitrogen functional groups attached to an aromatic ring is 1.